The number of aromatic nitrogens is 1. The van der Waals surface area contributed by atoms with E-state index in [0.29, 0.717) is 10.2 Å². The van der Waals surface area contributed by atoms with Crippen LogP contribution in [0.25, 0.3) is 0 Å². The summed E-state index contributed by atoms with van der Waals surface area (Å²) in [7, 11) is 0. The highest BCUT2D eigenvalue weighted by Crippen LogP contribution is 2.22. The lowest BCUT2D eigenvalue weighted by atomic mass is 10.2. The molecule has 1 rings (SSSR count). The largest absolute Gasteiger partial charge is 0.506 e. The van der Waals surface area contributed by atoms with Crippen molar-refractivity contribution in [3.8, 4) is 5.75 Å². The highest BCUT2D eigenvalue weighted by Gasteiger charge is 2.10. The lowest BCUT2D eigenvalue weighted by Crippen LogP contribution is -2.21. The zero-order chi connectivity index (χ0) is 9.14. The third kappa shape index (κ3) is 1.94. The minimum Gasteiger partial charge on any atom is -0.506 e. The van der Waals surface area contributed by atoms with Gasteiger partial charge in [-0.15, -0.1) is 0 Å². The van der Waals surface area contributed by atoms with Crippen LogP contribution >= 0.6 is 15.9 Å². The van der Waals surface area contributed by atoms with Gasteiger partial charge in [-0.25, -0.2) is 0 Å². The van der Waals surface area contributed by atoms with Crippen LogP contribution in [0.2, 0.25) is 0 Å². The topological polar surface area (TPSA) is 85.2 Å². The first-order valence-corrected chi connectivity index (χ1v) is 4.24. The highest BCUT2D eigenvalue weighted by molar-refractivity contribution is 9.10. The maximum Gasteiger partial charge on any atom is 0.139 e. The molecule has 0 saturated carbocycles. The summed E-state index contributed by atoms with van der Waals surface area (Å²) in [5.74, 6) is 0.0716. The van der Waals surface area contributed by atoms with Crippen molar-refractivity contribution in [2.45, 2.75) is 6.04 Å². The van der Waals surface area contributed by atoms with E-state index in [1.165, 1.54) is 6.07 Å². The molecule has 0 amide bonds. The molecule has 0 aliphatic carbocycles. The van der Waals surface area contributed by atoms with Gasteiger partial charge in [0.2, 0.25) is 0 Å². The Balaban J connectivity index is 3.01. The number of rotatable bonds is 2. The average Bonchev–Trinajstić information content (AvgIpc) is 2.03. The van der Waals surface area contributed by atoms with Crippen LogP contribution in [-0.4, -0.2) is 16.6 Å². The molecule has 0 radical (unpaired) electrons. The molecule has 0 aliphatic heterocycles. The number of nitrogens with two attached hydrogens (primary N) is 2. The van der Waals surface area contributed by atoms with E-state index < -0.39 is 6.04 Å². The number of nitrogens with zero attached hydrogens (tertiary/aromatic N) is 1. The summed E-state index contributed by atoms with van der Waals surface area (Å²) in [4.78, 5) is 3.95. The van der Waals surface area contributed by atoms with E-state index in [0.717, 1.165) is 0 Å². The van der Waals surface area contributed by atoms with E-state index in [2.05, 4.69) is 20.9 Å². The van der Waals surface area contributed by atoms with E-state index in [1.54, 1.807) is 6.20 Å². The van der Waals surface area contributed by atoms with Crippen LogP contribution in [0.5, 0.6) is 5.75 Å². The molecule has 0 bridgehead atoms. The molecular formula is C7H10BrN3O. The summed E-state index contributed by atoms with van der Waals surface area (Å²) in [5.41, 5.74) is 11.3. The van der Waals surface area contributed by atoms with Gasteiger partial charge in [-0.05, 0) is 22.0 Å². The van der Waals surface area contributed by atoms with E-state index in [-0.39, 0.29) is 12.3 Å². The van der Waals surface area contributed by atoms with Gasteiger partial charge in [0.25, 0.3) is 0 Å². The van der Waals surface area contributed by atoms with Crippen LogP contribution < -0.4 is 11.5 Å². The van der Waals surface area contributed by atoms with Crippen molar-refractivity contribution in [1.82, 2.24) is 4.98 Å². The summed E-state index contributed by atoms with van der Waals surface area (Å²) < 4.78 is 0.716. The SMILES string of the molecule is NCC(N)c1ncc(Br)cc1O. The first-order chi connectivity index (χ1) is 5.65. The second-order valence-corrected chi connectivity index (χ2v) is 3.32. The summed E-state index contributed by atoms with van der Waals surface area (Å²) >= 11 is 3.17. The fraction of sp³-hybridized carbons (Fsp3) is 0.286. The lowest BCUT2D eigenvalue weighted by molar-refractivity contribution is 0.456. The number of pyridine rings is 1. The molecule has 0 saturated heterocycles. The molecule has 1 aromatic rings. The highest BCUT2D eigenvalue weighted by atomic mass is 79.9. The van der Waals surface area contributed by atoms with Gasteiger partial charge in [-0.3, -0.25) is 4.98 Å². The summed E-state index contributed by atoms with van der Waals surface area (Å²) in [6.07, 6.45) is 1.57. The second-order valence-electron chi connectivity index (χ2n) is 2.40. The molecule has 0 aromatic carbocycles. The normalized spacial score (nSPS) is 12.9. The standard InChI is InChI=1S/C7H10BrN3O/c8-4-1-6(12)7(11-3-4)5(10)2-9/h1,3,5,12H,2,9-10H2. The summed E-state index contributed by atoms with van der Waals surface area (Å²) in [6, 6.07) is 1.13. The molecule has 5 N–H and O–H groups in total. The van der Waals surface area contributed by atoms with Crippen molar-refractivity contribution >= 4 is 15.9 Å². The molecule has 12 heavy (non-hydrogen) atoms. The quantitative estimate of drug-likeness (QED) is 0.693. The molecule has 66 valence electrons. The average molecular weight is 232 g/mol. The third-order valence-electron chi connectivity index (χ3n) is 1.47. The van der Waals surface area contributed by atoms with Crippen LogP contribution in [-0.2, 0) is 0 Å². The summed E-state index contributed by atoms with van der Waals surface area (Å²) in [6.45, 7) is 0.266. The Bertz CT molecular complexity index is 279. The molecule has 1 aromatic heterocycles. The Labute approximate surface area is 78.7 Å². The Morgan fingerprint density at radius 2 is 2.33 bits per heavy atom. The monoisotopic (exact) mass is 231 g/mol. The van der Waals surface area contributed by atoms with Crippen molar-refractivity contribution in [2.24, 2.45) is 11.5 Å². The maximum absolute atomic E-state index is 9.36. The Morgan fingerprint density at radius 3 is 2.83 bits per heavy atom. The molecule has 0 spiro atoms. The van der Waals surface area contributed by atoms with Crippen LogP contribution in [0.15, 0.2) is 16.7 Å². The van der Waals surface area contributed by atoms with E-state index in [1.807, 2.05) is 0 Å². The van der Waals surface area contributed by atoms with Gasteiger partial charge in [0.1, 0.15) is 11.4 Å². The maximum atomic E-state index is 9.36. The van der Waals surface area contributed by atoms with Gasteiger partial charge in [0.05, 0.1) is 6.04 Å². The lowest BCUT2D eigenvalue weighted by Gasteiger charge is -2.09. The number of halogens is 1. The molecule has 5 heteroatoms. The first kappa shape index (κ1) is 9.44. The van der Waals surface area contributed by atoms with Crippen molar-refractivity contribution in [3.05, 3.63) is 22.4 Å². The molecule has 0 fully saturated rings. The van der Waals surface area contributed by atoms with Crippen molar-refractivity contribution in [2.75, 3.05) is 6.54 Å². The minimum atomic E-state index is -0.405. The number of hydrogen-bond donors (Lipinski definition) is 3. The second kappa shape index (κ2) is 3.84. The third-order valence-corrected chi connectivity index (χ3v) is 1.90. The van der Waals surface area contributed by atoms with Gasteiger partial charge >= 0.3 is 0 Å². The molecule has 1 atom stereocenters. The predicted molar refractivity (Wildman–Crippen MR) is 49.6 cm³/mol. The van der Waals surface area contributed by atoms with Crippen molar-refractivity contribution in [3.63, 3.8) is 0 Å². The van der Waals surface area contributed by atoms with Gasteiger partial charge in [0, 0.05) is 17.2 Å². The van der Waals surface area contributed by atoms with Gasteiger partial charge < -0.3 is 16.6 Å². The zero-order valence-corrected chi connectivity index (χ0v) is 7.95. The minimum absolute atomic E-state index is 0.0716. The molecule has 1 unspecified atom stereocenters. The summed E-state index contributed by atoms with van der Waals surface area (Å²) in [5, 5.41) is 9.36. The van der Waals surface area contributed by atoms with Crippen LogP contribution in [0.1, 0.15) is 11.7 Å². The first-order valence-electron chi connectivity index (χ1n) is 3.45. The van der Waals surface area contributed by atoms with E-state index >= 15 is 0 Å². The van der Waals surface area contributed by atoms with E-state index in [4.69, 9.17) is 11.5 Å². The number of aromatic hydroxyl groups is 1. The smallest absolute Gasteiger partial charge is 0.139 e. The van der Waals surface area contributed by atoms with Crippen LogP contribution in [0.3, 0.4) is 0 Å². The Morgan fingerprint density at radius 1 is 1.67 bits per heavy atom. The van der Waals surface area contributed by atoms with Crippen molar-refractivity contribution < 1.29 is 5.11 Å². The molecule has 4 nitrogen and oxygen atoms in total. The fourth-order valence-corrected chi connectivity index (χ4v) is 1.16. The zero-order valence-electron chi connectivity index (χ0n) is 6.37. The van der Waals surface area contributed by atoms with Crippen molar-refractivity contribution in [1.29, 1.82) is 0 Å². The number of hydrogen-bond acceptors (Lipinski definition) is 4. The Kier molecular flexibility index (Phi) is 3.02. The Hall–Kier alpha value is -0.650. The van der Waals surface area contributed by atoms with E-state index in [9.17, 15) is 5.11 Å². The van der Waals surface area contributed by atoms with Gasteiger partial charge in [0.15, 0.2) is 0 Å². The predicted octanol–water partition coefficient (Wildman–Crippen LogP) is 0.508. The fourth-order valence-electron chi connectivity index (χ4n) is 0.836. The van der Waals surface area contributed by atoms with Crippen LogP contribution in [0.4, 0.5) is 0 Å². The van der Waals surface area contributed by atoms with Gasteiger partial charge in [-0.2, -0.15) is 0 Å². The van der Waals surface area contributed by atoms with Crippen LogP contribution in [0, 0.1) is 0 Å². The van der Waals surface area contributed by atoms with Gasteiger partial charge in [-0.1, -0.05) is 0 Å². The molecular weight excluding hydrogens is 222 g/mol. The molecule has 0 aliphatic rings. The molecule has 1 heterocycles.